The molecule has 0 spiro atoms. The molecule has 3 heterocycles. The predicted octanol–water partition coefficient (Wildman–Crippen LogP) is 4.29. The van der Waals surface area contributed by atoms with Gasteiger partial charge in [-0.15, -0.1) is 0 Å². The fourth-order valence-corrected chi connectivity index (χ4v) is 3.98. The molecule has 156 valence electrons. The Morgan fingerprint density at radius 3 is 2.65 bits per heavy atom. The summed E-state index contributed by atoms with van der Waals surface area (Å²) in [6.07, 6.45) is 4.63. The maximum Gasteiger partial charge on any atom is 0.262 e. The minimum absolute atomic E-state index is 0.0645. The second-order valence-corrected chi connectivity index (χ2v) is 7.99. The average molecular weight is 439 g/mol. The van der Waals surface area contributed by atoms with Crippen LogP contribution in [-0.2, 0) is 10.0 Å². The lowest BCUT2D eigenvalue weighted by atomic mass is 10.1. The first-order valence-electron chi connectivity index (χ1n) is 8.76. The van der Waals surface area contributed by atoms with E-state index in [4.69, 9.17) is 10.3 Å². The normalized spacial score (nSPS) is 11.2. The van der Waals surface area contributed by atoms with Gasteiger partial charge in [0.05, 0.1) is 29.4 Å². The lowest BCUT2D eigenvalue weighted by Gasteiger charge is -2.13. The Kier molecular flexibility index (Phi) is 5.15. The first-order chi connectivity index (χ1) is 14.9. The van der Waals surface area contributed by atoms with Gasteiger partial charge in [-0.05, 0) is 53.6 Å². The number of aromatic nitrogens is 3. The van der Waals surface area contributed by atoms with Crippen LogP contribution in [0.2, 0.25) is 0 Å². The molecule has 0 amide bonds. The molecule has 0 bridgehead atoms. The zero-order valence-electron chi connectivity index (χ0n) is 16.0. The maximum atomic E-state index is 13.1. The number of hydrogen-bond donors (Lipinski definition) is 1. The highest BCUT2D eigenvalue weighted by molar-refractivity contribution is 7.92. The first kappa shape index (κ1) is 20.1. The molecule has 0 saturated heterocycles. The fraction of sp³-hybridized carbons (Fsp3) is 0.0526. The number of rotatable bonds is 6. The van der Waals surface area contributed by atoms with Crippen LogP contribution < -0.4 is 9.46 Å². The smallest absolute Gasteiger partial charge is 0.262 e. The molecule has 12 heteroatoms. The molecule has 0 fully saturated rings. The van der Waals surface area contributed by atoms with Crippen LogP contribution in [0.15, 0.2) is 71.1 Å². The Morgan fingerprint density at radius 2 is 1.94 bits per heavy atom. The number of anilines is 1. The SMILES string of the molecule is COc1ncc(-c2ccn3ncc(N=[N+]=[N-])c3c2)cc1NS(=O)(=O)c1ccc(F)cc1. The summed E-state index contributed by atoms with van der Waals surface area (Å²) in [7, 11) is -2.64. The Labute approximate surface area is 175 Å². The van der Waals surface area contributed by atoms with E-state index in [1.54, 1.807) is 28.9 Å². The number of sulfonamides is 1. The van der Waals surface area contributed by atoms with Crippen LogP contribution in [-0.4, -0.2) is 30.1 Å². The molecule has 1 aromatic carbocycles. The largest absolute Gasteiger partial charge is 0.480 e. The van der Waals surface area contributed by atoms with Crippen molar-refractivity contribution in [2.75, 3.05) is 11.8 Å². The van der Waals surface area contributed by atoms with E-state index in [1.807, 2.05) is 0 Å². The van der Waals surface area contributed by atoms with E-state index in [1.165, 1.54) is 19.5 Å². The highest BCUT2D eigenvalue weighted by Crippen LogP contribution is 2.32. The number of hydrogen-bond acceptors (Lipinski definition) is 6. The van der Waals surface area contributed by atoms with Crippen molar-refractivity contribution in [1.29, 1.82) is 0 Å². The molecule has 0 unspecified atom stereocenters. The quantitative estimate of drug-likeness (QED) is 0.272. The standard InChI is InChI=1S/C19H14FN7O3S/c1-30-19-16(25-31(28,29)15-4-2-14(20)3-5-15)8-13(10-22-19)12-6-7-27-18(9-12)17(11-23-27)24-26-21/h2-11,25H,1H3. The predicted molar refractivity (Wildman–Crippen MR) is 111 cm³/mol. The molecule has 0 aliphatic heterocycles. The van der Waals surface area contributed by atoms with Crippen LogP contribution >= 0.6 is 0 Å². The van der Waals surface area contributed by atoms with Crippen molar-refractivity contribution in [2.45, 2.75) is 4.90 Å². The molecular weight excluding hydrogens is 425 g/mol. The van der Waals surface area contributed by atoms with Crippen LogP contribution in [0.3, 0.4) is 0 Å². The second kappa shape index (κ2) is 7.94. The maximum absolute atomic E-state index is 13.1. The third-order valence-corrected chi connectivity index (χ3v) is 5.78. The summed E-state index contributed by atoms with van der Waals surface area (Å²) in [5.74, 6) is -0.481. The van der Waals surface area contributed by atoms with Crippen LogP contribution in [0, 0.1) is 5.82 Å². The fourth-order valence-electron chi connectivity index (χ4n) is 2.94. The van der Waals surface area contributed by atoms with E-state index in [2.05, 4.69) is 24.8 Å². The van der Waals surface area contributed by atoms with E-state index in [0.717, 1.165) is 24.3 Å². The van der Waals surface area contributed by atoms with Crippen molar-refractivity contribution in [2.24, 2.45) is 5.11 Å². The lowest BCUT2D eigenvalue weighted by Crippen LogP contribution is -2.14. The molecule has 0 aliphatic rings. The van der Waals surface area contributed by atoms with Gasteiger partial charge < -0.3 is 4.74 Å². The van der Waals surface area contributed by atoms with E-state index >= 15 is 0 Å². The van der Waals surface area contributed by atoms with Crippen molar-refractivity contribution >= 4 is 26.9 Å². The molecule has 1 N–H and O–H groups in total. The topological polar surface area (TPSA) is 134 Å². The van der Waals surface area contributed by atoms with Gasteiger partial charge in [-0.1, -0.05) is 5.11 Å². The zero-order chi connectivity index (χ0) is 22.0. The summed E-state index contributed by atoms with van der Waals surface area (Å²) >= 11 is 0. The second-order valence-electron chi connectivity index (χ2n) is 6.30. The Balaban J connectivity index is 1.76. The lowest BCUT2D eigenvalue weighted by molar-refractivity contribution is 0.400. The van der Waals surface area contributed by atoms with Gasteiger partial charge in [0.15, 0.2) is 0 Å². The van der Waals surface area contributed by atoms with E-state index in [-0.39, 0.29) is 16.5 Å². The number of nitrogens with one attached hydrogen (secondary N) is 1. The summed E-state index contributed by atoms with van der Waals surface area (Å²) in [6, 6.07) is 9.48. The minimum Gasteiger partial charge on any atom is -0.480 e. The first-order valence-corrected chi connectivity index (χ1v) is 10.2. The minimum atomic E-state index is -4.01. The van der Waals surface area contributed by atoms with Crippen LogP contribution in [0.1, 0.15) is 0 Å². The summed E-state index contributed by atoms with van der Waals surface area (Å²) in [5.41, 5.74) is 11.0. The average Bonchev–Trinajstić information content (AvgIpc) is 3.16. The molecule has 0 aliphatic carbocycles. The van der Waals surface area contributed by atoms with Crippen molar-refractivity contribution < 1.29 is 17.5 Å². The Hall–Kier alpha value is -4.15. The Morgan fingerprint density at radius 1 is 1.16 bits per heavy atom. The van der Waals surface area contributed by atoms with Crippen LogP contribution in [0.25, 0.3) is 27.1 Å². The molecule has 31 heavy (non-hydrogen) atoms. The summed E-state index contributed by atoms with van der Waals surface area (Å²) in [4.78, 5) is 6.85. The third kappa shape index (κ3) is 3.97. The number of ether oxygens (including phenoxy) is 1. The molecule has 4 rings (SSSR count). The van der Waals surface area contributed by atoms with Gasteiger partial charge in [-0.2, -0.15) is 5.10 Å². The monoisotopic (exact) mass is 439 g/mol. The van der Waals surface area contributed by atoms with Gasteiger partial charge >= 0.3 is 0 Å². The van der Waals surface area contributed by atoms with Gasteiger partial charge in [0.2, 0.25) is 5.88 Å². The van der Waals surface area contributed by atoms with Crippen LogP contribution in [0.5, 0.6) is 5.88 Å². The molecule has 0 radical (unpaired) electrons. The van der Waals surface area contributed by atoms with Gasteiger partial charge in [-0.3, -0.25) is 4.72 Å². The van der Waals surface area contributed by atoms with E-state index in [9.17, 15) is 12.8 Å². The Bertz CT molecular complexity index is 1430. The molecule has 3 aromatic heterocycles. The zero-order valence-corrected chi connectivity index (χ0v) is 16.8. The number of nitrogens with zero attached hydrogens (tertiary/aromatic N) is 6. The number of halogens is 1. The third-order valence-electron chi connectivity index (χ3n) is 4.40. The van der Waals surface area contributed by atoms with Crippen LogP contribution in [0.4, 0.5) is 15.8 Å². The summed E-state index contributed by atoms with van der Waals surface area (Å²) < 4.78 is 47.7. The number of fused-ring (bicyclic) bond motifs is 1. The highest BCUT2D eigenvalue weighted by Gasteiger charge is 2.18. The summed E-state index contributed by atoms with van der Waals surface area (Å²) in [6.45, 7) is 0. The van der Waals surface area contributed by atoms with Crippen molar-refractivity contribution in [3.63, 3.8) is 0 Å². The van der Waals surface area contributed by atoms with E-state index < -0.39 is 15.8 Å². The van der Waals surface area contributed by atoms with Gasteiger partial charge in [0.1, 0.15) is 11.5 Å². The van der Waals surface area contributed by atoms with Crippen molar-refractivity contribution in [3.8, 4) is 17.0 Å². The molecular formula is C19H14FN7O3S. The molecule has 0 atom stereocenters. The molecule has 4 aromatic rings. The van der Waals surface area contributed by atoms with E-state index in [0.29, 0.717) is 22.3 Å². The highest BCUT2D eigenvalue weighted by atomic mass is 32.2. The van der Waals surface area contributed by atoms with Gasteiger partial charge in [-0.25, -0.2) is 22.3 Å². The number of pyridine rings is 2. The summed E-state index contributed by atoms with van der Waals surface area (Å²) in [5, 5.41) is 7.71. The molecule has 0 saturated carbocycles. The number of azide groups is 1. The van der Waals surface area contributed by atoms with Gasteiger partial charge in [0.25, 0.3) is 10.0 Å². The molecule has 10 nitrogen and oxygen atoms in total. The number of methoxy groups -OCH3 is 1. The number of benzene rings is 1. The van der Waals surface area contributed by atoms with Gasteiger partial charge in [0, 0.05) is 22.9 Å². The van der Waals surface area contributed by atoms with Crippen molar-refractivity contribution in [3.05, 3.63) is 77.3 Å². The van der Waals surface area contributed by atoms with Crippen molar-refractivity contribution in [1.82, 2.24) is 14.6 Å².